The van der Waals surface area contributed by atoms with Crippen molar-refractivity contribution in [1.29, 1.82) is 0 Å². The van der Waals surface area contributed by atoms with E-state index in [9.17, 15) is 0 Å². The maximum Gasteiger partial charge on any atom is 0.164 e. The summed E-state index contributed by atoms with van der Waals surface area (Å²) in [5, 5.41) is 11.5. The predicted molar refractivity (Wildman–Crippen MR) is 62.5 cm³/mol. The second kappa shape index (κ2) is 4.57. The molecule has 5 nitrogen and oxygen atoms in total. The molecule has 0 aromatic carbocycles. The molecule has 0 amide bonds. The number of hydrogen-bond acceptors (Lipinski definition) is 4. The van der Waals surface area contributed by atoms with E-state index in [0.717, 1.165) is 42.4 Å². The molecule has 0 saturated carbocycles. The van der Waals surface area contributed by atoms with Gasteiger partial charge in [-0.2, -0.15) is 0 Å². The lowest BCUT2D eigenvalue weighted by molar-refractivity contribution is 0.692. The number of nitrogens with zero attached hydrogens (tertiary/aromatic N) is 4. The van der Waals surface area contributed by atoms with Crippen LogP contribution in [0.1, 0.15) is 23.8 Å². The first-order chi connectivity index (χ1) is 7.72. The number of nitrogens with one attached hydrogen (secondary N) is 1. The average Bonchev–Trinajstić information content (AvgIpc) is 2.62. The van der Waals surface area contributed by atoms with Crippen LogP contribution in [-0.2, 0) is 6.42 Å². The van der Waals surface area contributed by atoms with Crippen molar-refractivity contribution in [1.82, 2.24) is 24.9 Å². The highest BCUT2D eigenvalue weighted by Gasteiger charge is 2.08. The van der Waals surface area contributed by atoms with Gasteiger partial charge in [0.05, 0.1) is 0 Å². The summed E-state index contributed by atoms with van der Waals surface area (Å²) in [5.41, 5.74) is 1.88. The Bertz CT molecular complexity index is 488. The van der Waals surface area contributed by atoms with Gasteiger partial charge in [0.25, 0.3) is 0 Å². The minimum atomic E-state index is 0.893. The molecular formula is C11H17N5. The van der Waals surface area contributed by atoms with Crippen molar-refractivity contribution in [2.75, 3.05) is 13.6 Å². The van der Waals surface area contributed by atoms with Gasteiger partial charge >= 0.3 is 0 Å². The van der Waals surface area contributed by atoms with Crippen LogP contribution in [0, 0.1) is 13.8 Å². The number of fused-ring (bicyclic) bond motifs is 1. The lowest BCUT2D eigenvalue weighted by atomic mass is 10.3. The van der Waals surface area contributed by atoms with Gasteiger partial charge in [0.2, 0.25) is 0 Å². The van der Waals surface area contributed by atoms with E-state index in [1.54, 1.807) is 0 Å². The number of rotatable bonds is 4. The Hall–Kier alpha value is -1.49. The molecule has 0 aliphatic rings. The SMILES string of the molecule is CNCCCc1nnc2cc(C)nc(C)n12. The first-order valence-corrected chi connectivity index (χ1v) is 5.55. The van der Waals surface area contributed by atoms with Gasteiger partial charge in [-0.1, -0.05) is 0 Å². The van der Waals surface area contributed by atoms with E-state index in [2.05, 4.69) is 20.5 Å². The third-order valence-corrected chi connectivity index (χ3v) is 2.58. The largest absolute Gasteiger partial charge is 0.320 e. The summed E-state index contributed by atoms with van der Waals surface area (Å²) in [5.74, 6) is 1.95. The van der Waals surface area contributed by atoms with Crippen LogP contribution < -0.4 is 5.32 Å². The van der Waals surface area contributed by atoms with Gasteiger partial charge < -0.3 is 5.32 Å². The second-order valence-electron chi connectivity index (χ2n) is 3.96. The molecule has 1 N–H and O–H groups in total. The summed E-state index contributed by atoms with van der Waals surface area (Å²) in [6.45, 7) is 4.96. The molecule has 16 heavy (non-hydrogen) atoms. The third-order valence-electron chi connectivity index (χ3n) is 2.58. The van der Waals surface area contributed by atoms with Crippen LogP contribution in [0.4, 0.5) is 0 Å². The van der Waals surface area contributed by atoms with E-state index in [1.807, 2.05) is 31.4 Å². The average molecular weight is 219 g/mol. The standard InChI is InChI=1S/C11H17N5/c1-8-7-11-15-14-10(5-4-6-12-3)16(11)9(2)13-8/h7,12H,4-6H2,1-3H3. The van der Waals surface area contributed by atoms with Crippen LogP contribution in [0.3, 0.4) is 0 Å². The van der Waals surface area contributed by atoms with E-state index in [-0.39, 0.29) is 0 Å². The van der Waals surface area contributed by atoms with E-state index < -0.39 is 0 Å². The summed E-state index contributed by atoms with van der Waals surface area (Å²) >= 11 is 0. The zero-order valence-electron chi connectivity index (χ0n) is 9.99. The van der Waals surface area contributed by atoms with Gasteiger partial charge in [0, 0.05) is 18.2 Å². The molecule has 5 heteroatoms. The van der Waals surface area contributed by atoms with Crippen LogP contribution >= 0.6 is 0 Å². The summed E-state index contributed by atoms with van der Waals surface area (Å²) < 4.78 is 2.03. The first-order valence-electron chi connectivity index (χ1n) is 5.55. The van der Waals surface area contributed by atoms with Crippen LogP contribution in [0.2, 0.25) is 0 Å². The summed E-state index contributed by atoms with van der Waals surface area (Å²) in [6.07, 6.45) is 1.98. The van der Waals surface area contributed by atoms with Gasteiger partial charge in [-0.25, -0.2) is 4.98 Å². The maximum absolute atomic E-state index is 4.43. The lowest BCUT2D eigenvalue weighted by Gasteiger charge is -2.03. The van der Waals surface area contributed by atoms with Gasteiger partial charge in [0.1, 0.15) is 11.6 Å². The predicted octanol–water partition coefficient (Wildman–Crippen LogP) is 0.893. The molecule has 0 fully saturated rings. The highest BCUT2D eigenvalue weighted by molar-refractivity contribution is 5.39. The van der Waals surface area contributed by atoms with E-state index >= 15 is 0 Å². The Kier molecular flexibility index (Phi) is 3.14. The Morgan fingerprint density at radius 3 is 2.88 bits per heavy atom. The van der Waals surface area contributed by atoms with Crippen LogP contribution in [0.15, 0.2) is 6.07 Å². The molecule has 0 aliphatic carbocycles. The topological polar surface area (TPSA) is 55.1 Å². The van der Waals surface area contributed by atoms with Gasteiger partial charge in [-0.3, -0.25) is 4.40 Å². The zero-order chi connectivity index (χ0) is 11.5. The number of aryl methyl sites for hydroxylation is 3. The van der Waals surface area contributed by atoms with Gasteiger partial charge in [0.15, 0.2) is 5.65 Å². The Labute approximate surface area is 94.9 Å². The quantitative estimate of drug-likeness (QED) is 0.776. The van der Waals surface area contributed by atoms with Crippen LogP contribution in [0.25, 0.3) is 5.65 Å². The summed E-state index contributed by atoms with van der Waals surface area (Å²) in [4.78, 5) is 4.43. The van der Waals surface area contributed by atoms with Crippen molar-refractivity contribution in [3.8, 4) is 0 Å². The molecule has 0 bridgehead atoms. The van der Waals surface area contributed by atoms with Crippen molar-refractivity contribution in [2.45, 2.75) is 26.7 Å². The highest BCUT2D eigenvalue weighted by atomic mass is 15.3. The summed E-state index contributed by atoms with van der Waals surface area (Å²) in [6, 6.07) is 1.96. The molecule has 0 spiro atoms. The molecule has 0 radical (unpaired) electrons. The van der Waals surface area contributed by atoms with Gasteiger partial charge in [-0.15, -0.1) is 10.2 Å². The molecule has 86 valence electrons. The van der Waals surface area contributed by atoms with E-state index in [0.29, 0.717) is 0 Å². The number of aromatic nitrogens is 4. The second-order valence-corrected chi connectivity index (χ2v) is 3.96. The molecule has 2 heterocycles. The molecule has 0 unspecified atom stereocenters. The minimum absolute atomic E-state index is 0.893. The van der Waals surface area contributed by atoms with Crippen molar-refractivity contribution in [3.63, 3.8) is 0 Å². The molecule has 0 atom stereocenters. The highest BCUT2D eigenvalue weighted by Crippen LogP contribution is 2.09. The van der Waals surface area contributed by atoms with Gasteiger partial charge in [-0.05, 0) is 33.9 Å². The smallest absolute Gasteiger partial charge is 0.164 e. The van der Waals surface area contributed by atoms with Crippen molar-refractivity contribution in [3.05, 3.63) is 23.4 Å². The monoisotopic (exact) mass is 219 g/mol. The first kappa shape index (κ1) is 11.0. The Balaban J connectivity index is 2.33. The maximum atomic E-state index is 4.43. The van der Waals surface area contributed by atoms with Crippen molar-refractivity contribution < 1.29 is 0 Å². The fourth-order valence-electron chi connectivity index (χ4n) is 1.89. The molecule has 2 aromatic rings. The summed E-state index contributed by atoms with van der Waals surface area (Å²) in [7, 11) is 1.96. The molecule has 2 rings (SSSR count). The Morgan fingerprint density at radius 2 is 2.12 bits per heavy atom. The fourth-order valence-corrected chi connectivity index (χ4v) is 1.89. The normalized spacial score (nSPS) is 11.2. The fraction of sp³-hybridized carbons (Fsp3) is 0.545. The van der Waals surface area contributed by atoms with Crippen molar-refractivity contribution in [2.24, 2.45) is 0 Å². The van der Waals surface area contributed by atoms with Crippen molar-refractivity contribution >= 4 is 5.65 Å². The molecule has 2 aromatic heterocycles. The van der Waals surface area contributed by atoms with E-state index in [4.69, 9.17) is 0 Å². The van der Waals surface area contributed by atoms with Crippen LogP contribution in [0.5, 0.6) is 0 Å². The molecule has 0 saturated heterocycles. The molecule has 0 aliphatic heterocycles. The number of hydrogen-bond donors (Lipinski definition) is 1. The third kappa shape index (κ3) is 2.04. The lowest BCUT2D eigenvalue weighted by Crippen LogP contribution is -2.10. The van der Waals surface area contributed by atoms with E-state index in [1.165, 1.54) is 0 Å². The van der Waals surface area contributed by atoms with Crippen LogP contribution in [-0.4, -0.2) is 33.2 Å². The zero-order valence-corrected chi connectivity index (χ0v) is 9.99. The Morgan fingerprint density at radius 1 is 1.31 bits per heavy atom. The minimum Gasteiger partial charge on any atom is -0.320 e. The molecular weight excluding hydrogens is 202 g/mol.